The molecule has 0 aromatic rings. The second-order valence-corrected chi connectivity index (χ2v) is 10.9. The third-order valence-corrected chi connectivity index (χ3v) is 3.98. The van der Waals surface area contributed by atoms with Gasteiger partial charge in [-0.15, -0.1) is 0 Å². The van der Waals surface area contributed by atoms with E-state index in [0.717, 1.165) is 19.4 Å². The van der Waals surface area contributed by atoms with E-state index in [1.54, 1.807) is 6.92 Å². The first kappa shape index (κ1) is 19.4. The maximum atomic E-state index is 11.1. The van der Waals surface area contributed by atoms with E-state index in [4.69, 9.17) is 9.16 Å². The Morgan fingerprint density at radius 1 is 0.900 bits per heavy atom. The number of hydrogen-bond donors (Lipinski definition) is 0. The second-order valence-electron chi connectivity index (χ2n) is 6.35. The quantitative estimate of drug-likeness (QED) is 0.227. The fraction of sp³-hybridized carbons (Fsp3) is 0.812. The molecule has 0 bridgehead atoms. The number of carbonyl (C=O) groups is 1. The molecule has 0 aliphatic heterocycles. The number of unbranched alkanes of at least 4 members (excludes halogenated alkanes) is 6. The third-order valence-electron chi connectivity index (χ3n) is 2.91. The fourth-order valence-corrected chi connectivity index (χ4v) is 2.51. The van der Waals surface area contributed by atoms with E-state index in [-0.39, 0.29) is 5.97 Å². The van der Waals surface area contributed by atoms with Crippen LogP contribution in [0.3, 0.4) is 0 Å². The van der Waals surface area contributed by atoms with Gasteiger partial charge < -0.3 is 9.16 Å². The largest absolute Gasteiger partial charge is 0.462 e. The molecule has 0 aliphatic rings. The Hall–Kier alpha value is -0.613. The Morgan fingerprint density at radius 2 is 1.35 bits per heavy atom. The van der Waals surface area contributed by atoms with E-state index >= 15 is 0 Å². The van der Waals surface area contributed by atoms with Crippen molar-refractivity contribution in [2.24, 2.45) is 0 Å². The average Bonchev–Trinajstić information content (AvgIpc) is 2.34. The van der Waals surface area contributed by atoms with Gasteiger partial charge in [0.15, 0.2) is 8.32 Å². The summed E-state index contributed by atoms with van der Waals surface area (Å²) in [5.41, 5.74) is 0.477. The van der Waals surface area contributed by atoms with Crippen molar-refractivity contribution in [2.45, 2.75) is 71.5 Å². The Labute approximate surface area is 125 Å². The van der Waals surface area contributed by atoms with Crippen LogP contribution in [-0.2, 0) is 14.0 Å². The molecule has 0 fully saturated rings. The third kappa shape index (κ3) is 13.8. The summed E-state index contributed by atoms with van der Waals surface area (Å²) < 4.78 is 10.9. The highest BCUT2D eigenvalue weighted by molar-refractivity contribution is 6.69. The summed E-state index contributed by atoms with van der Waals surface area (Å²) >= 11 is 0. The Bertz CT molecular complexity index is 282. The zero-order chi connectivity index (χ0) is 15.4. The zero-order valence-electron chi connectivity index (χ0n) is 13.8. The Balaban J connectivity index is 3.18. The van der Waals surface area contributed by atoms with Gasteiger partial charge >= 0.3 is 5.97 Å². The molecule has 0 N–H and O–H groups in total. The van der Waals surface area contributed by atoms with Crippen molar-refractivity contribution in [3.63, 3.8) is 0 Å². The highest BCUT2D eigenvalue weighted by atomic mass is 28.4. The topological polar surface area (TPSA) is 35.5 Å². The minimum absolute atomic E-state index is 0.271. The summed E-state index contributed by atoms with van der Waals surface area (Å²) in [7, 11) is -1.31. The van der Waals surface area contributed by atoms with Crippen LogP contribution in [0, 0.1) is 0 Å². The van der Waals surface area contributed by atoms with E-state index in [0.29, 0.717) is 12.2 Å². The van der Waals surface area contributed by atoms with E-state index in [1.807, 2.05) is 0 Å². The summed E-state index contributed by atoms with van der Waals surface area (Å²) in [4.78, 5) is 11.1. The predicted molar refractivity (Wildman–Crippen MR) is 87.4 cm³/mol. The summed E-state index contributed by atoms with van der Waals surface area (Å²) in [5, 5.41) is 0. The molecule has 118 valence electrons. The van der Waals surface area contributed by atoms with E-state index in [9.17, 15) is 4.79 Å². The van der Waals surface area contributed by atoms with Crippen LogP contribution in [0.25, 0.3) is 0 Å². The van der Waals surface area contributed by atoms with Crippen LogP contribution in [0.1, 0.15) is 51.9 Å². The molecule has 0 saturated carbocycles. The number of esters is 1. The lowest BCUT2D eigenvalue weighted by Crippen LogP contribution is -2.25. The predicted octanol–water partition coefficient (Wildman–Crippen LogP) is 4.69. The van der Waals surface area contributed by atoms with Crippen LogP contribution < -0.4 is 0 Å². The maximum Gasteiger partial charge on any atom is 0.333 e. The molecule has 0 aromatic heterocycles. The molecular weight excluding hydrogens is 268 g/mol. The SMILES string of the molecule is C=C(C)C(=O)OCCCCCCCCCO[Si](C)(C)C. The van der Waals surface area contributed by atoms with Crippen molar-refractivity contribution in [1.82, 2.24) is 0 Å². The van der Waals surface area contributed by atoms with E-state index in [1.165, 1.54) is 32.1 Å². The summed E-state index contributed by atoms with van der Waals surface area (Å²) in [6.45, 7) is 13.4. The monoisotopic (exact) mass is 300 g/mol. The molecule has 0 spiro atoms. The maximum absolute atomic E-state index is 11.1. The lowest BCUT2D eigenvalue weighted by molar-refractivity contribution is -0.139. The van der Waals surface area contributed by atoms with Crippen molar-refractivity contribution in [3.05, 3.63) is 12.2 Å². The molecule has 0 heterocycles. The Kier molecular flexibility index (Phi) is 10.8. The molecule has 3 nitrogen and oxygen atoms in total. The molecule has 0 amide bonds. The molecule has 4 heteroatoms. The molecule has 0 aliphatic carbocycles. The van der Waals surface area contributed by atoms with Gasteiger partial charge in [-0.2, -0.15) is 0 Å². The van der Waals surface area contributed by atoms with Gasteiger partial charge in [0.2, 0.25) is 0 Å². The average molecular weight is 301 g/mol. The first-order chi connectivity index (χ1) is 9.33. The van der Waals surface area contributed by atoms with Crippen molar-refractivity contribution in [3.8, 4) is 0 Å². The fourth-order valence-electron chi connectivity index (χ4n) is 1.75. The smallest absolute Gasteiger partial charge is 0.333 e. The molecule has 20 heavy (non-hydrogen) atoms. The molecule has 0 aromatic carbocycles. The minimum atomic E-state index is -1.31. The minimum Gasteiger partial charge on any atom is -0.462 e. The summed E-state index contributed by atoms with van der Waals surface area (Å²) in [5.74, 6) is -0.271. The van der Waals surface area contributed by atoms with Crippen LogP contribution >= 0.6 is 0 Å². The second kappa shape index (κ2) is 11.1. The van der Waals surface area contributed by atoms with Crippen LogP contribution in [0.5, 0.6) is 0 Å². The molecule has 0 unspecified atom stereocenters. The van der Waals surface area contributed by atoms with Gasteiger partial charge in [-0.3, -0.25) is 0 Å². The van der Waals surface area contributed by atoms with Crippen LogP contribution in [0.15, 0.2) is 12.2 Å². The van der Waals surface area contributed by atoms with Gasteiger partial charge in [-0.1, -0.05) is 38.7 Å². The van der Waals surface area contributed by atoms with Crippen LogP contribution in [0.2, 0.25) is 19.6 Å². The van der Waals surface area contributed by atoms with Gasteiger partial charge in [-0.25, -0.2) is 4.79 Å². The summed E-state index contributed by atoms with van der Waals surface area (Å²) in [6.07, 6.45) is 8.30. The standard InChI is InChI=1S/C16H32O3Si/c1-15(2)16(17)18-13-11-9-7-6-8-10-12-14-19-20(3,4)5/h1,6-14H2,2-5H3. The lowest BCUT2D eigenvalue weighted by Gasteiger charge is -2.16. The van der Waals surface area contributed by atoms with Crippen LogP contribution in [0.4, 0.5) is 0 Å². The van der Waals surface area contributed by atoms with E-state index in [2.05, 4.69) is 26.2 Å². The van der Waals surface area contributed by atoms with Gasteiger partial charge in [0, 0.05) is 12.2 Å². The number of ether oxygens (including phenoxy) is 1. The number of hydrogen-bond acceptors (Lipinski definition) is 3. The number of carbonyl (C=O) groups excluding carboxylic acids is 1. The lowest BCUT2D eigenvalue weighted by atomic mass is 10.1. The molecular formula is C16H32O3Si. The highest BCUT2D eigenvalue weighted by Crippen LogP contribution is 2.09. The molecule has 0 saturated heterocycles. The Morgan fingerprint density at radius 3 is 1.80 bits per heavy atom. The van der Waals surface area contributed by atoms with Gasteiger partial charge in [0.1, 0.15) is 0 Å². The van der Waals surface area contributed by atoms with Gasteiger partial charge in [0.05, 0.1) is 6.61 Å². The van der Waals surface area contributed by atoms with E-state index < -0.39 is 8.32 Å². The van der Waals surface area contributed by atoms with Gasteiger partial charge in [0.25, 0.3) is 0 Å². The summed E-state index contributed by atoms with van der Waals surface area (Å²) in [6, 6.07) is 0. The van der Waals surface area contributed by atoms with Crippen molar-refractivity contribution in [2.75, 3.05) is 13.2 Å². The first-order valence-corrected chi connectivity index (χ1v) is 11.2. The number of rotatable bonds is 12. The van der Waals surface area contributed by atoms with Crippen molar-refractivity contribution < 1.29 is 14.0 Å². The zero-order valence-corrected chi connectivity index (χ0v) is 14.8. The first-order valence-electron chi connectivity index (χ1n) is 7.79. The normalized spacial score (nSPS) is 11.4. The molecule has 0 radical (unpaired) electrons. The van der Waals surface area contributed by atoms with Crippen molar-refractivity contribution >= 4 is 14.3 Å². The van der Waals surface area contributed by atoms with Crippen LogP contribution in [-0.4, -0.2) is 27.5 Å². The molecule has 0 atom stereocenters. The van der Waals surface area contributed by atoms with Gasteiger partial charge in [-0.05, 0) is 39.4 Å². The van der Waals surface area contributed by atoms with Crippen molar-refractivity contribution in [1.29, 1.82) is 0 Å². The molecule has 0 rings (SSSR count). The highest BCUT2D eigenvalue weighted by Gasteiger charge is 2.12.